The van der Waals surface area contributed by atoms with Crippen LogP contribution < -0.4 is 5.32 Å². The van der Waals surface area contributed by atoms with Crippen molar-refractivity contribution in [3.8, 4) is 0 Å². The first-order chi connectivity index (χ1) is 70.0. The Labute approximate surface area is 845 Å². The van der Waals surface area contributed by atoms with Gasteiger partial charge in [0.1, 0.15) is 0 Å². The van der Waals surface area contributed by atoms with Crippen LogP contribution in [-0.2, 0) is 149 Å². The first kappa shape index (κ1) is 103. The Morgan fingerprint density at radius 2 is 0.500 bits per heavy atom. The number of esters is 2. The van der Waals surface area contributed by atoms with Gasteiger partial charge in [-0.2, -0.15) is 16.8 Å². The summed E-state index contributed by atoms with van der Waals surface area (Å²) >= 11 is 0. The first-order valence-electron chi connectivity index (χ1n) is 47.1. The van der Waals surface area contributed by atoms with Crippen molar-refractivity contribution in [3.05, 3.63) is 288 Å². The molecule has 0 atom stereocenters. The number of fused-ring (bicyclic) bond motifs is 38. The van der Waals surface area contributed by atoms with Gasteiger partial charge in [-0.1, -0.05) is 153 Å². The van der Waals surface area contributed by atoms with E-state index in [-0.39, 0.29) is 94.9 Å². The van der Waals surface area contributed by atoms with E-state index in [1.54, 1.807) is 19.4 Å². The highest BCUT2D eigenvalue weighted by molar-refractivity contribution is 7.86. The summed E-state index contributed by atoms with van der Waals surface area (Å²) in [6.07, 6.45) is 17.3. The van der Waals surface area contributed by atoms with Crippen LogP contribution in [0.2, 0.25) is 0 Å². The van der Waals surface area contributed by atoms with E-state index in [1.807, 2.05) is 231 Å². The van der Waals surface area contributed by atoms with Crippen molar-refractivity contribution in [2.75, 3.05) is 146 Å². The number of nitrogens with one attached hydrogen (secondary N) is 3. The van der Waals surface area contributed by atoms with Crippen LogP contribution in [0.5, 0.6) is 0 Å². The molecule has 16 aromatic rings. The summed E-state index contributed by atoms with van der Waals surface area (Å²) in [5.74, 6) is -3.07. The van der Waals surface area contributed by atoms with Crippen LogP contribution in [0.15, 0.2) is 244 Å². The number of nitrogens with zero attached hydrogens (tertiary/aromatic N) is 8. The number of imide groups is 3. The van der Waals surface area contributed by atoms with Gasteiger partial charge in [-0.05, 0) is 48.5 Å². The summed E-state index contributed by atoms with van der Waals surface area (Å²) in [7, 11) is -3.77. The smallest absolute Gasteiger partial charge is 0.347 e. The number of benzene rings is 8. The number of para-hydroxylation sites is 8. The quantitative estimate of drug-likeness (QED) is 0.0317. The van der Waals surface area contributed by atoms with E-state index in [0.29, 0.717) is 174 Å². The normalized spacial score (nSPS) is 16.3. The molecule has 23 rings (SSSR count). The van der Waals surface area contributed by atoms with Crippen molar-refractivity contribution in [2.24, 2.45) is 0 Å². The Hall–Kier alpha value is -14.6. The van der Waals surface area contributed by atoms with Gasteiger partial charge in [-0.3, -0.25) is 52.3 Å². The van der Waals surface area contributed by atoms with E-state index in [4.69, 9.17) is 42.6 Å². The lowest BCUT2D eigenvalue weighted by Gasteiger charge is -2.09. The monoisotopic (exact) mass is 2040 g/mol. The standard InChI is InChI=1S/C27H25N3O4.C26H23N3O4.C26H22N2O5.C21H15N3O2.C8H18O8S2.CH4.ClH/c1-28-26(31)24-20-16-29(22-8-4-2-6-18(20)22)10-12-33-14-15-34-13-11-30-17-21(25(24)27(28)32)19-7-3-5-9-23(19)30;30-25-23-19-15-28(21-7-3-1-5-17(19)21)9-11-32-13-14-33-12-10-29-16-20(24(23)26(31)27-25)18-6-2-4-8-22(18)29;29-25-23-19-15-27(21-7-3-1-5-17(19)21)9-11-31-13-14-32-12-10-28-16-20(24(23)26(30)33-25)18-6-2-4-8-22(18)28;1-24-20(25)18(14-10-22-16-8-4-2-6-12(14)16)19(21(24)26)15-11-23-17-9-5-3-7-13(15)17;1-17(9,10)15-7-5-13-3-4-14-6-8-16-18(2,11)12;;/h2-9,16-17H,10-15H2,1H3;1-8,15-16H,9-14H2,(H,27,30,31);1-8,15-16H,9-14H2;2-11,22-23H,1H3;3-8H2,1-2H3;1H4;1H. The van der Waals surface area contributed by atoms with Gasteiger partial charge >= 0.3 is 11.9 Å². The van der Waals surface area contributed by atoms with Crippen molar-refractivity contribution < 1.29 is 106 Å². The number of hydrogen-bond donors (Lipinski definition) is 3. The van der Waals surface area contributed by atoms with Gasteiger partial charge in [0, 0.05) is 235 Å². The fraction of sp³-hybridized carbons (Fsp3) is 0.266. The van der Waals surface area contributed by atoms with Crippen LogP contribution >= 0.6 is 12.4 Å². The Morgan fingerprint density at radius 3 is 0.760 bits per heavy atom. The lowest BCUT2D eigenvalue weighted by atomic mass is 9.95. The van der Waals surface area contributed by atoms with E-state index in [1.165, 1.54) is 16.8 Å². The number of amides is 6. The molecule has 7 aliphatic heterocycles. The Kier molecular flexibility index (Phi) is 31.9. The number of aromatic nitrogens is 8. The van der Waals surface area contributed by atoms with Crippen molar-refractivity contribution >= 4 is 212 Å². The fourth-order valence-corrected chi connectivity index (χ4v) is 20.0. The molecule has 8 aromatic carbocycles. The van der Waals surface area contributed by atoms with E-state index in [2.05, 4.69) is 51.1 Å². The summed E-state index contributed by atoms with van der Waals surface area (Å²) < 4.78 is 113. The zero-order valence-corrected chi connectivity index (χ0v) is 82.2. The molecule has 0 fully saturated rings. The van der Waals surface area contributed by atoms with Crippen molar-refractivity contribution in [3.63, 3.8) is 0 Å². The zero-order valence-electron chi connectivity index (χ0n) is 79.8. The molecule has 3 N–H and O–H groups in total. The maximum atomic E-state index is 13.5. The van der Waals surface area contributed by atoms with Gasteiger partial charge in [0.2, 0.25) is 0 Å². The topological polar surface area (TPSA) is 386 Å². The minimum atomic E-state index is -3.43. The van der Waals surface area contributed by atoms with Gasteiger partial charge in [0.05, 0.1) is 176 Å². The average Bonchev–Trinajstić information content (AvgIpc) is 1.58. The third-order valence-corrected chi connectivity index (χ3v) is 27.0. The number of cyclic esters (lactones) is 2. The number of carbonyl (C=O) groups is 8. The number of likely N-dealkylation sites (N-methyl/N-ethyl adjacent to an activating group) is 2. The second-order valence-corrected chi connectivity index (χ2v) is 38.1. The molecule has 37 heteroatoms. The molecular formula is C109H108ClN11O23S2. The average molecular weight is 2040 g/mol. The van der Waals surface area contributed by atoms with E-state index < -0.39 is 32.2 Å². The zero-order chi connectivity index (χ0) is 99.9. The summed E-state index contributed by atoms with van der Waals surface area (Å²) in [6.45, 7) is 10.7. The van der Waals surface area contributed by atoms with E-state index in [0.717, 1.165) is 133 Å². The van der Waals surface area contributed by atoms with Crippen LogP contribution in [0.4, 0.5) is 0 Å². The summed E-state index contributed by atoms with van der Waals surface area (Å²) in [5.41, 5.74) is 17.0. The molecule has 0 aliphatic carbocycles. The Bertz CT molecular complexity index is 7460. The predicted molar refractivity (Wildman–Crippen MR) is 557 cm³/mol. The minimum absolute atomic E-state index is 0. The second kappa shape index (κ2) is 45.4. The summed E-state index contributed by atoms with van der Waals surface area (Å²) in [4.78, 5) is 114. The molecule has 15 heterocycles. The van der Waals surface area contributed by atoms with Gasteiger partial charge in [0.25, 0.3) is 55.7 Å². The number of rotatable bonds is 13. The molecule has 12 bridgehead atoms. The van der Waals surface area contributed by atoms with Crippen molar-refractivity contribution in [1.29, 1.82) is 0 Å². The molecule has 756 valence electrons. The van der Waals surface area contributed by atoms with Crippen LogP contribution in [0, 0.1) is 0 Å². The highest BCUT2D eigenvalue weighted by Crippen LogP contribution is 2.47. The molecule has 7 aliphatic rings. The van der Waals surface area contributed by atoms with Crippen molar-refractivity contribution in [2.45, 2.75) is 46.7 Å². The first-order valence-corrected chi connectivity index (χ1v) is 50.8. The van der Waals surface area contributed by atoms with E-state index >= 15 is 0 Å². The number of carbonyl (C=O) groups excluding carboxylic acids is 8. The second-order valence-electron chi connectivity index (χ2n) is 34.8. The predicted octanol–water partition coefficient (Wildman–Crippen LogP) is 14.0. The van der Waals surface area contributed by atoms with Crippen LogP contribution in [0.1, 0.15) is 51.9 Å². The van der Waals surface area contributed by atoms with Crippen LogP contribution in [0.3, 0.4) is 0 Å². The molecule has 146 heavy (non-hydrogen) atoms. The maximum absolute atomic E-state index is 13.5. The molecule has 0 saturated heterocycles. The molecule has 0 radical (unpaired) electrons. The Balaban J connectivity index is 0.000000126. The molecule has 0 spiro atoms. The molecule has 0 unspecified atom stereocenters. The van der Waals surface area contributed by atoms with Gasteiger partial charge in [-0.25, -0.2) is 9.59 Å². The molecule has 0 saturated carbocycles. The number of aromatic amines is 2. The third-order valence-electron chi connectivity index (χ3n) is 25.8. The van der Waals surface area contributed by atoms with Crippen LogP contribution in [-0.4, -0.2) is 257 Å². The fourth-order valence-electron chi connectivity index (χ4n) is 19.2. The molecular weight excluding hydrogens is 1930 g/mol. The molecule has 6 amide bonds. The Morgan fingerprint density at radius 1 is 0.281 bits per heavy atom. The SMILES string of the molecule is C.CN1C(=O)C(c2c[nH]c3ccccc23)=C(c2c[nH]c3ccccc23)C1=O.CN1C(=O)C2=C(C1=O)c1cn(c3ccccc13)CCOCCOCCn1cc2c2ccccc21.CS(=O)(=O)OCCOCCOCCOS(C)(=O)=O.Cl.O=C1NC(=O)C2=C1c1cn(c3ccccc13)CCOCCOCCn1cc2c2ccccc21.O=C1OC(=O)C2=C1c1cn(c3ccccc13)CCOCCOCCn1cc2c2ccccc21. The minimum Gasteiger partial charge on any atom is -0.386 e. The lowest BCUT2D eigenvalue weighted by molar-refractivity contribution is -0.149. The van der Waals surface area contributed by atoms with Gasteiger partial charge < -0.3 is 80.0 Å². The number of ether oxygens (including phenoxy) is 9. The molecule has 34 nitrogen and oxygen atoms in total. The summed E-state index contributed by atoms with van der Waals surface area (Å²) in [5, 5.41) is 9.95. The van der Waals surface area contributed by atoms with Crippen LogP contribution in [0.25, 0.3) is 132 Å². The van der Waals surface area contributed by atoms with Crippen molar-refractivity contribution in [1.82, 2.24) is 52.5 Å². The maximum Gasteiger partial charge on any atom is 0.347 e. The largest absolute Gasteiger partial charge is 0.386 e. The third kappa shape index (κ3) is 21.4. The number of H-pyrrole nitrogens is 2. The van der Waals surface area contributed by atoms with E-state index in [9.17, 15) is 55.2 Å². The highest BCUT2D eigenvalue weighted by Gasteiger charge is 2.44. The van der Waals surface area contributed by atoms with Gasteiger partial charge in [-0.15, -0.1) is 12.4 Å². The highest BCUT2D eigenvalue weighted by atomic mass is 35.5. The lowest BCUT2D eigenvalue weighted by Crippen LogP contribution is -2.26. The number of halogens is 1. The molecule has 8 aromatic heterocycles. The summed E-state index contributed by atoms with van der Waals surface area (Å²) in [6, 6.07) is 63.1. The van der Waals surface area contributed by atoms with Gasteiger partial charge in [0.15, 0.2) is 0 Å². The number of hydrogen-bond acceptors (Lipinski definition) is 23.